The van der Waals surface area contributed by atoms with Crippen LogP contribution in [0.1, 0.15) is 36.5 Å². The van der Waals surface area contributed by atoms with Crippen LogP contribution in [0.3, 0.4) is 0 Å². The van der Waals surface area contributed by atoms with Crippen molar-refractivity contribution in [2.75, 3.05) is 6.61 Å². The molecule has 1 unspecified atom stereocenters. The van der Waals surface area contributed by atoms with E-state index in [4.69, 9.17) is 15.2 Å². The first-order valence-electron chi connectivity index (χ1n) is 9.51. The maximum Gasteiger partial charge on any atom is 0.338 e. The van der Waals surface area contributed by atoms with E-state index in [-0.39, 0.29) is 18.1 Å². The van der Waals surface area contributed by atoms with Gasteiger partial charge in [0, 0.05) is 0 Å². The molecule has 0 fully saturated rings. The molecule has 5 heteroatoms. The monoisotopic (exact) mass is 388 g/mol. The Morgan fingerprint density at radius 1 is 1.17 bits per heavy atom. The van der Waals surface area contributed by atoms with Gasteiger partial charge in [0.05, 0.1) is 18.1 Å². The molecule has 3 rings (SSSR count). The van der Waals surface area contributed by atoms with Crippen LogP contribution in [0.5, 0.6) is 0 Å². The minimum Gasteiger partial charge on any atom is -0.463 e. The molecular weight excluding hydrogens is 364 g/mol. The third kappa shape index (κ3) is 3.74. The SMILES string of the molecule is CCOC(=O)C1=C(C)OC(N)=C(C#N)C1c1ccccc1-c1ccc(C)c(C)c1. The van der Waals surface area contributed by atoms with Crippen LogP contribution in [0.15, 0.2) is 65.3 Å². The van der Waals surface area contributed by atoms with Crippen molar-refractivity contribution >= 4 is 5.97 Å². The topological polar surface area (TPSA) is 85.3 Å². The molecule has 0 amide bonds. The van der Waals surface area contributed by atoms with Gasteiger partial charge in [-0.05, 0) is 55.5 Å². The molecule has 1 atom stereocenters. The van der Waals surface area contributed by atoms with Crippen molar-refractivity contribution < 1.29 is 14.3 Å². The van der Waals surface area contributed by atoms with Gasteiger partial charge in [-0.3, -0.25) is 0 Å². The van der Waals surface area contributed by atoms with Crippen molar-refractivity contribution in [3.8, 4) is 17.2 Å². The number of aryl methyl sites for hydroxylation is 2. The quantitative estimate of drug-likeness (QED) is 0.773. The molecule has 0 saturated heterocycles. The van der Waals surface area contributed by atoms with Gasteiger partial charge in [0.25, 0.3) is 0 Å². The molecule has 148 valence electrons. The summed E-state index contributed by atoms with van der Waals surface area (Å²) in [7, 11) is 0. The lowest BCUT2D eigenvalue weighted by Crippen LogP contribution is -2.25. The van der Waals surface area contributed by atoms with Crippen LogP contribution < -0.4 is 5.73 Å². The van der Waals surface area contributed by atoms with Crippen molar-refractivity contribution in [3.63, 3.8) is 0 Å². The molecule has 1 aliphatic rings. The smallest absolute Gasteiger partial charge is 0.338 e. The third-order valence-electron chi connectivity index (χ3n) is 5.19. The lowest BCUT2D eigenvalue weighted by molar-refractivity contribution is -0.139. The molecule has 5 nitrogen and oxygen atoms in total. The molecule has 0 aromatic heterocycles. The van der Waals surface area contributed by atoms with Crippen molar-refractivity contribution in [2.45, 2.75) is 33.6 Å². The first-order chi connectivity index (χ1) is 13.9. The maximum atomic E-state index is 12.8. The molecule has 2 N–H and O–H groups in total. The van der Waals surface area contributed by atoms with Gasteiger partial charge in [-0.2, -0.15) is 5.26 Å². The van der Waals surface area contributed by atoms with Gasteiger partial charge in [0.15, 0.2) is 0 Å². The molecule has 0 radical (unpaired) electrons. The van der Waals surface area contributed by atoms with Crippen molar-refractivity contribution in [1.82, 2.24) is 0 Å². The summed E-state index contributed by atoms with van der Waals surface area (Å²) < 4.78 is 10.8. The highest BCUT2D eigenvalue weighted by molar-refractivity contribution is 5.93. The first kappa shape index (κ1) is 20.2. The van der Waals surface area contributed by atoms with E-state index in [0.29, 0.717) is 11.3 Å². The maximum absolute atomic E-state index is 12.8. The Bertz CT molecular complexity index is 1070. The zero-order chi connectivity index (χ0) is 21.1. The Morgan fingerprint density at radius 2 is 1.90 bits per heavy atom. The summed E-state index contributed by atoms with van der Waals surface area (Å²) in [5, 5.41) is 9.81. The van der Waals surface area contributed by atoms with Gasteiger partial charge < -0.3 is 15.2 Å². The highest BCUT2D eigenvalue weighted by Crippen LogP contribution is 2.43. The molecule has 0 saturated carbocycles. The lowest BCUT2D eigenvalue weighted by Gasteiger charge is -2.28. The van der Waals surface area contributed by atoms with Crippen molar-refractivity contribution in [3.05, 3.63) is 81.9 Å². The normalized spacial score (nSPS) is 16.3. The summed E-state index contributed by atoms with van der Waals surface area (Å²) in [6.07, 6.45) is 0. The molecule has 1 aliphatic heterocycles. The molecule has 2 aromatic carbocycles. The summed E-state index contributed by atoms with van der Waals surface area (Å²) in [4.78, 5) is 12.8. The third-order valence-corrected chi connectivity index (χ3v) is 5.19. The second kappa shape index (κ2) is 8.24. The van der Waals surface area contributed by atoms with E-state index in [1.54, 1.807) is 13.8 Å². The molecule has 0 bridgehead atoms. The predicted molar refractivity (Wildman–Crippen MR) is 111 cm³/mol. The fraction of sp³-hybridized carbons (Fsp3) is 0.250. The Morgan fingerprint density at radius 3 is 2.55 bits per heavy atom. The molecule has 29 heavy (non-hydrogen) atoms. The summed E-state index contributed by atoms with van der Waals surface area (Å²) in [5.74, 6) is -0.812. The minimum absolute atomic E-state index is 0.0120. The Balaban J connectivity index is 2.26. The highest BCUT2D eigenvalue weighted by atomic mass is 16.5. The summed E-state index contributed by atoms with van der Waals surface area (Å²) in [6.45, 7) is 7.75. The average Bonchev–Trinajstić information content (AvgIpc) is 2.69. The zero-order valence-electron chi connectivity index (χ0n) is 17.1. The Kier molecular flexibility index (Phi) is 5.74. The number of carbonyl (C=O) groups excluding carboxylic acids is 1. The largest absolute Gasteiger partial charge is 0.463 e. The number of nitrogens with zero attached hydrogens (tertiary/aromatic N) is 1. The van der Waals surface area contributed by atoms with E-state index in [0.717, 1.165) is 22.3 Å². The second-order valence-electron chi connectivity index (χ2n) is 7.00. The number of hydrogen-bond donors (Lipinski definition) is 1. The Labute approximate surface area is 171 Å². The Hall–Kier alpha value is -3.52. The number of hydrogen-bond acceptors (Lipinski definition) is 5. The fourth-order valence-corrected chi connectivity index (χ4v) is 3.59. The van der Waals surface area contributed by atoms with Crippen LogP contribution >= 0.6 is 0 Å². The van der Waals surface area contributed by atoms with E-state index >= 15 is 0 Å². The lowest BCUT2D eigenvalue weighted by atomic mass is 9.79. The van der Waals surface area contributed by atoms with E-state index in [2.05, 4.69) is 32.0 Å². The second-order valence-corrected chi connectivity index (χ2v) is 7.00. The van der Waals surface area contributed by atoms with Gasteiger partial charge in [-0.25, -0.2) is 4.79 Å². The van der Waals surface area contributed by atoms with Gasteiger partial charge in [-0.15, -0.1) is 0 Å². The van der Waals surface area contributed by atoms with Crippen LogP contribution in [0.4, 0.5) is 0 Å². The van der Waals surface area contributed by atoms with E-state index in [9.17, 15) is 10.1 Å². The molecule has 1 heterocycles. The standard InChI is InChI=1S/C24H24N2O3/c1-5-28-24(27)21-16(4)29-23(26)20(13-25)22(21)19-9-7-6-8-18(19)17-11-10-14(2)15(3)12-17/h6-12,22H,5,26H2,1-4H3. The summed E-state index contributed by atoms with van der Waals surface area (Å²) in [5.41, 5.74) is 11.6. The molecule has 0 spiro atoms. The number of esters is 1. The number of rotatable bonds is 4. The number of ether oxygens (including phenoxy) is 2. The van der Waals surface area contributed by atoms with Crippen LogP contribution in [0.25, 0.3) is 11.1 Å². The number of carbonyl (C=O) groups is 1. The number of nitrogens with two attached hydrogens (primary N) is 1. The van der Waals surface area contributed by atoms with E-state index < -0.39 is 11.9 Å². The van der Waals surface area contributed by atoms with Crippen molar-refractivity contribution in [2.24, 2.45) is 5.73 Å². The summed E-state index contributed by atoms with van der Waals surface area (Å²) >= 11 is 0. The number of allylic oxidation sites excluding steroid dienone is 2. The van der Waals surface area contributed by atoms with Crippen LogP contribution in [0, 0.1) is 25.2 Å². The number of benzene rings is 2. The summed E-state index contributed by atoms with van der Waals surface area (Å²) in [6, 6.07) is 16.1. The van der Waals surface area contributed by atoms with Crippen LogP contribution in [0.2, 0.25) is 0 Å². The van der Waals surface area contributed by atoms with E-state index in [1.165, 1.54) is 5.56 Å². The zero-order valence-corrected chi connectivity index (χ0v) is 17.1. The van der Waals surface area contributed by atoms with Gasteiger partial charge in [0.1, 0.15) is 17.4 Å². The van der Waals surface area contributed by atoms with Crippen molar-refractivity contribution in [1.29, 1.82) is 5.26 Å². The first-order valence-corrected chi connectivity index (χ1v) is 9.51. The minimum atomic E-state index is -0.661. The van der Waals surface area contributed by atoms with Crippen LogP contribution in [-0.2, 0) is 14.3 Å². The number of nitriles is 1. The predicted octanol–water partition coefficient (Wildman–Crippen LogP) is 4.62. The van der Waals surface area contributed by atoms with Crippen LogP contribution in [-0.4, -0.2) is 12.6 Å². The highest BCUT2D eigenvalue weighted by Gasteiger charge is 2.37. The average molecular weight is 388 g/mol. The van der Waals surface area contributed by atoms with Gasteiger partial charge in [-0.1, -0.05) is 42.5 Å². The van der Waals surface area contributed by atoms with E-state index in [1.807, 2.05) is 30.3 Å². The molecule has 2 aromatic rings. The molecule has 0 aliphatic carbocycles. The van der Waals surface area contributed by atoms with Gasteiger partial charge >= 0.3 is 5.97 Å². The molecular formula is C24H24N2O3. The fourth-order valence-electron chi connectivity index (χ4n) is 3.59. The van der Waals surface area contributed by atoms with Gasteiger partial charge in [0.2, 0.25) is 5.88 Å².